The van der Waals surface area contributed by atoms with Gasteiger partial charge in [0.25, 0.3) is 0 Å². The van der Waals surface area contributed by atoms with Crippen LogP contribution in [0, 0.1) is 0 Å². The van der Waals surface area contributed by atoms with Crippen LogP contribution in [0.3, 0.4) is 0 Å². The van der Waals surface area contributed by atoms with Crippen molar-refractivity contribution in [1.82, 2.24) is 5.32 Å². The van der Waals surface area contributed by atoms with E-state index in [1.807, 2.05) is 0 Å². The molecule has 5 N–H and O–H groups in total. The van der Waals surface area contributed by atoms with Crippen LogP contribution in [-0.2, 0) is 19.1 Å². The average molecular weight is 276 g/mol. The number of carbonyl (C=O) groups excluding carboxylic acids is 1. The maximum atomic E-state index is 11.6. The predicted octanol–water partition coefficient (Wildman–Crippen LogP) is -0.825. The van der Waals surface area contributed by atoms with Crippen molar-refractivity contribution in [2.75, 3.05) is 13.7 Å². The molecule has 0 spiro atoms. The molecule has 0 aliphatic carbocycles. The van der Waals surface area contributed by atoms with E-state index < -0.39 is 29.9 Å². The molecule has 1 amide bonds. The zero-order valence-corrected chi connectivity index (χ0v) is 10.8. The second-order valence-electron chi connectivity index (χ2n) is 4.07. The molecule has 8 nitrogen and oxygen atoms in total. The SMILES string of the molecule is COCCCC(N)C(=O)NC(CCC(=O)O)C(=O)O. The standard InChI is InChI=1S/C11H20N2O6/c1-19-6-2-3-7(12)10(16)13-8(11(17)18)4-5-9(14)15/h7-8H,2-6,12H2,1H3,(H,13,16)(H,14,15)(H,17,18). The van der Waals surface area contributed by atoms with Gasteiger partial charge in [0.15, 0.2) is 0 Å². The fraction of sp³-hybridized carbons (Fsp3) is 0.727. The molecule has 0 aromatic carbocycles. The summed E-state index contributed by atoms with van der Waals surface area (Å²) in [5.41, 5.74) is 5.59. The van der Waals surface area contributed by atoms with Crippen molar-refractivity contribution < 1.29 is 29.3 Å². The van der Waals surface area contributed by atoms with Crippen LogP contribution in [0.4, 0.5) is 0 Å². The summed E-state index contributed by atoms with van der Waals surface area (Å²) < 4.78 is 4.81. The lowest BCUT2D eigenvalue weighted by Crippen LogP contribution is -2.48. The van der Waals surface area contributed by atoms with E-state index in [-0.39, 0.29) is 12.8 Å². The highest BCUT2D eigenvalue weighted by atomic mass is 16.5. The highest BCUT2D eigenvalue weighted by Crippen LogP contribution is 2.01. The quantitative estimate of drug-likeness (QED) is 0.382. The van der Waals surface area contributed by atoms with Crippen molar-refractivity contribution in [1.29, 1.82) is 0 Å². The number of carbonyl (C=O) groups is 3. The molecular weight excluding hydrogens is 256 g/mol. The topological polar surface area (TPSA) is 139 Å². The van der Waals surface area contributed by atoms with Gasteiger partial charge in [-0.15, -0.1) is 0 Å². The highest BCUT2D eigenvalue weighted by Gasteiger charge is 2.23. The number of ether oxygens (including phenoxy) is 1. The van der Waals surface area contributed by atoms with Gasteiger partial charge >= 0.3 is 11.9 Å². The van der Waals surface area contributed by atoms with Crippen molar-refractivity contribution >= 4 is 17.8 Å². The number of carboxylic acid groups (broad SMARTS) is 2. The van der Waals surface area contributed by atoms with E-state index >= 15 is 0 Å². The Kier molecular flexibility index (Phi) is 8.47. The van der Waals surface area contributed by atoms with Crippen molar-refractivity contribution in [3.63, 3.8) is 0 Å². The van der Waals surface area contributed by atoms with Crippen LogP contribution in [0.5, 0.6) is 0 Å². The first-order valence-electron chi connectivity index (χ1n) is 5.88. The third-order valence-electron chi connectivity index (χ3n) is 2.46. The van der Waals surface area contributed by atoms with Crippen LogP contribution in [0.2, 0.25) is 0 Å². The van der Waals surface area contributed by atoms with Crippen molar-refractivity contribution in [3.05, 3.63) is 0 Å². The van der Waals surface area contributed by atoms with Gasteiger partial charge in [-0.05, 0) is 19.3 Å². The number of hydrogen-bond donors (Lipinski definition) is 4. The number of carboxylic acids is 2. The molecule has 19 heavy (non-hydrogen) atoms. The lowest BCUT2D eigenvalue weighted by atomic mass is 10.1. The molecule has 8 heteroatoms. The monoisotopic (exact) mass is 276 g/mol. The minimum atomic E-state index is -1.28. The van der Waals surface area contributed by atoms with Crippen LogP contribution in [0.15, 0.2) is 0 Å². The van der Waals surface area contributed by atoms with E-state index in [9.17, 15) is 14.4 Å². The normalized spacial score (nSPS) is 13.6. The summed E-state index contributed by atoms with van der Waals surface area (Å²) >= 11 is 0. The van der Waals surface area contributed by atoms with Gasteiger partial charge in [0.2, 0.25) is 5.91 Å². The van der Waals surface area contributed by atoms with Gasteiger partial charge in [-0.1, -0.05) is 0 Å². The molecular formula is C11H20N2O6. The third-order valence-corrected chi connectivity index (χ3v) is 2.46. The molecule has 0 aromatic heterocycles. The summed E-state index contributed by atoms with van der Waals surface area (Å²) in [6.07, 6.45) is 0.431. The van der Waals surface area contributed by atoms with Gasteiger partial charge in [0, 0.05) is 20.1 Å². The number of aliphatic carboxylic acids is 2. The molecule has 2 atom stereocenters. The molecule has 0 saturated heterocycles. The number of nitrogens with two attached hydrogens (primary N) is 1. The Labute approximate surface area is 110 Å². The Hall–Kier alpha value is -1.67. The second kappa shape index (κ2) is 9.29. The molecule has 0 aromatic rings. The Balaban J connectivity index is 4.22. The van der Waals surface area contributed by atoms with Crippen LogP contribution in [0.25, 0.3) is 0 Å². The van der Waals surface area contributed by atoms with E-state index in [1.54, 1.807) is 0 Å². The van der Waals surface area contributed by atoms with Gasteiger partial charge in [0.1, 0.15) is 6.04 Å². The van der Waals surface area contributed by atoms with Crippen LogP contribution in [-0.4, -0.2) is 53.9 Å². The first-order chi connectivity index (χ1) is 8.88. The summed E-state index contributed by atoms with van der Waals surface area (Å²) in [5.74, 6) is -3.00. The first kappa shape index (κ1) is 17.3. The number of hydrogen-bond acceptors (Lipinski definition) is 5. The Morgan fingerprint density at radius 1 is 1.26 bits per heavy atom. The van der Waals surface area contributed by atoms with E-state index in [2.05, 4.69) is 5.32 Å². The summed E-state index contributed by atoms with van der Waals surface area (Å²) in [6, 6.07) is -2.07. The summed E-state index contributed by atoms with van der Waals surface area (Å²) in [7, 11) is 1.53. The molecule has 0 aliphatic heterocycles. The molecule has 110 valence electrons. The maximum Gasteiger partial charge on any atom is 0.326 e. The van der Waals surface area contributed by atoms with Gasteiger partial charge in [-0.3, -0.25) is 9.59 Å². The second-order valence-corrected chi connectivity index (χ2v) is 4.07. The maximum absolute atomic E-state index is 11.6. The number of amides is 1. The molecule has 0 rings (SSSR count). The minimum absolute atomic E-state index is 0.179. The Morgan fingerprint density at radius 2 is 1.89 bits per heavy atom. The number of methoxy groups -OCH3 is 1. The molecule has 0 fully saturated rings. The van der Waals surface area contributed by atoms with Gasteiger partial charge in [-0.2, -0.15) is 0 Å². The zero-order valence-electron chi connectivity index (χ0n) is 10.8. The lowest BCUT2D eigenvalue weighted by molar-refractivity contribution is -0.143. The number of nitrogens with one attached hydrogen (secondary N) is 1. The molecule has 0 aliphatic rings. The van der Waals surface area contributed by atoms with Crippen molar-refractivity contribution in [3.8, 4) is 0 Å². The summed E-state index contributed by atoms with van der Waals surface area (Å²) in [6.45, 7) is 0.461. The third kappa shape index (κ3) is 8.11. The predicted molar refractivity (Wildman–Crippen MR) is 65.5 cm³/mol. The molecule has 0 bridgehead atoms. The van der Waals surface area contributed by atoms with Gasteiger partial charge < -0.3 is 26.0 Å². The fourth-order valence-electron chi connectivity index (χ4n) is 1.38. The van der Waals surface area contributed by atoms with Gasteiger partial charge in [0.05, 0.1) is 6.04 Å². The highest BCUT2D eigenvalue weighted by molar-refractivity contribution is 5.87. The molecule has 2 unspecified atom stereocenters. The van der Waals surface area contributed by atoms with E-state index in [4.69, 9.17) is 20.7 Å². The van der Waals surface area contributed by atoms with Crippen molar-refractivity contribution in [2.24, 2.45) is 5.73 Å². The number of rotatable bonds is 10. The van der Waals surface area contributed by atoms with E-state index in [0.29, 0.717) is 19.4 Å². The fourth-order valence-corrected chi connectivity index (χ4v) is 1.38. The van der Waals surface area contributed by atoms with Crippen LogP contribution in [0.1, 0.15) is 25.7 Å². The Bertz CT molecular complexity index is 320. The Morgan fingerprint density at radius 3 is 2.37 bits per heavy atom. The summed E-state index contributed by atoms with van der Waals surface area (Å²) in [4.78, 5) is 32.8. The first-order valence-corrected chi connectivity index (χ1v) is 5.88. The largest absolute Gasteiger partial charge is 0.481 e. The smallest absolute Gasteiger partial charge is 0.326 e. The summed E-state index contributed by atoms with van der Waals surface area (Å²) in [5, 5.41) is 19.6. The van der Waals surface area contributed by atoms with Gasteiger partial charge in [-0.25, -0.2) is 4.79 Å². The van der Waals surface area contributed by atoms with Crippen LogP contribution >= 0.6 is 0 Å². The molecule has 0 saturated carbocycles. The van der Waals surface area contributed by atoms with Crippen LogP contribution < -0.4 is 11.1 Å². The minimum Gasteiger partial charge on any atom is -0.481 e. The lowest BCUT2D eigenvalue weighted by Gasteiger charge is -2.17. The van der Waals surface area contributed by atoms with Crippen molar-refractivity contribution in [2.45, 2.75) is 37.8 Å². The van der Waals surface area contributed by atoms with E-state index in [0.717, 1.165) is 0 Å². The molecule has 0 heterocycles. The zero-order chi connectivity index (χ0) is 14.8. The molecule has 0 radical (unpaired) electrons. The average Bonchev–Trinajstić information content (AvgIpc) is 2.33. The van der Waals surface area contributed by atoms with E-state index in [1.165, 1.54) is 7.11 Å².